The average molecular weight is 151 g/mol. The Morgan fingerprint density at radius 2 is 1.90 bits per heavy atom. The average Bonchev–Trinajstić information content (AvgIpc) is 2.34. The van der Waals surface area contributed by atoms with E-state index in [0.29, 0.717) is 0 Å². The van der Waals surface area contributed by atoms with Gasteiger partial charge in [0.1, 0.15) is 10.8 Å². The summed E-state index contributed by atoms with van der Waals surface area (Å²) in [6.07, 6.45) is 0. The maximum atomic E-state index is 9.32. The topological polar surface area (TPSA) is 20.2 Å². The molecule has 0 fully saturated rings. The Labute approximate surface area is 61.7 Å². The van der Waals surface area contributed by atoms with E-state index in [0.717, 1.165) is 10.1 Å². The highest BCUT2D eigenvalue weighted by molar-refractivity contribution is 7.30. The van der Waals surface area contributed by atoms with E-state index in [9.17, 15) is 4.55 Å². The molecule has 0 radical (unpaired) electrons. The quantitative estimate of drug-likeness (QED) is 0.574. The number of thiophene rings is 1. The van der Waals surface area contributed by atoms with Crippen LogP contribution in [0.25, 0.3) is 10.1 Å². The number of hydrogen-bond acceptors (Lipinski definition) is 1. The Morgan fingerprint density at radius 3 is 2.70 bits per heavy atom. The first-order valence-electron chi connectivity index (χ1n) is 3.07. The van der Waals surface area contributed by atoms with E-state index in [4.69, 9.17) is 0 Å². The monoisotopic (exact) mass is 151 g/mol. The summed E-state index contributed by atoms with van der Waals surface area (Å²) in [6.45, 7) is 0. The molecule has 2 rings (SSSR count). The normalized spacial score (nSPS) is 12.3. The summed E-state index contributed by atoms with van der Waals surface area (Å²) in [6, 6.07) is 9.85. The van der Waals surface area contributed by atoms with Crippen molar-refractivity contribution < 1.29 is 4.55 Å². The van der Waals surface area contributed by atoms with Crippen LogP contribution in [0.3, 0.4) is 0 Å². The van der Waals surface area contributed by atoms with Crippen molar-refractivity contribution in [3.63, 3.8) is 0 Å². The lowest BCUT2D eigenvalue weighted by Gasteiger charge is -1.78. The summed E-state index contributed by atoms with van der Waals surface area (Å²) in [5.74, 6) is 0. The Bertz CT molecular complexity index is 351. The molecule has 0 aliphatic carbocycles. The van der Waals surface area contributed by atoms with Gasteiger partial charge in [-0.1, -0.05) is 12.1 Å². The van der Waals surface area contributed by atoms with Crippen LogP contribution in [0, 0.1) is 0 Å². The van der Waals surface area contributed by atoms with Crippen LogP contribution in [0.15, 0.2) is 35.7 Å². The minimum Gasteiger partial charge on any atom is -0.164 e. The van der Waals surface area contributed by atoms with Crippen molar-refractivity contribution in [2.75, 3.05) is 0 Å². The van der Waals surface area contributed by atoms with Crippen LogP contribution in [0.1, 0.15) is 0 Å². The summed E-state index contributed by atoms with van der Waals surface area (Å²) >= 11 is 0. The van der Waals surface area contributed by atoms with Crippen LogP contribution >= 0.6 is 10.8 Å². The molecular formula is C8H7OS+. The molecule has 1 aromatic carbocycles. The van der Waals surface area contributed by atoms with E-state index < -0.39 is 10.8 Å². The van der Waals surface area contributed by atoms with Crippen molar-refractivity contribution in [1.82, 2.24) is 0 Å². The largest absolute Gasteiger partial charge is 0.217 e. The first-order valence-corrected chi connectivity index (χ1v) is 4.32. The van der Waals surface area contributed by atoms with Crippen molar-refractivity contribution in [2.24, 2.45) is 0 Å². The molecule has 2 heteroatoms. The van der Waals surface area contributed by atoms with E-state index in [-0.39, 0.29) is 0 Å². The number of rotatable bonds is 0. The number of fused-ring (bicyclic) bond motifs is 1. The highest BCUT2D eigenvalue weighted by Gasteiger charge is 2.06. The fourth-order valence-corrected chi connectivity index (χ4v) is 2.04. The fraction of sp³-hybridized carbons (Fsp3) is 0. The number of benzene rings is 1. The van der Waals surface area contributed by atoms with Gasteiger partial charge in [0.15, 0.2) is 5.38 Å². The maximum Gasteiger partial charge on any atom is 0.217 e. The Morgan fingerprint density at radius 1 is 1.10 bits per heavy atom. The van der Waals surface area contributed by atoms with Gasteiger partial charge in [0.05, 0.1) is 0 Å². The molecule has 0 aliphatic heterocycles. The summed E-state index contributed by atoms with van der Waals surface area (Å²) in [4.78, 5) is 0. The smallest absolute Gasteiger partial charge is 0.164 e. The molecule has 50 valence electrons. The molecule has 1 aromatic heterocycles. The molecule has 0 spiro atoms. The molecular weight excluding hydrogens is 144 g/mol. The lowest BCUT2D eigenvalue weighted by molar-refractivity contribution is 0.645. The predicted octanol–water partition coefficient (Wildman–Crippen LogP) is 2.72. The van der Waals surface area contributed by atoms with E-state index in [2.05, 4.69) is 0 Å². The molecule has 1 nitrogen and oxygen atoms in total. The lowest BCUT2D eigenvalue weighted by Crippen LogP contribution is -1.59. The van der Waals surface area contributed by atoms with Gasteiger partial charge in [0, 0.05) is 17.5 Å². The molecule has 2 aromatic rings. The highest BCUT2D eigenvalue weighted by Crippen LogP contribution is 2.27. The molecule has 1 atom stereocenters. The second-order valence-electron chi connectivity index (χ2n) is 2.16. The van der Waals surface area contributed by atoms with E-state index >= 15 is 0 Å². The van der Waals surface area contributed by atoms with E-state index in [1.54, 1.807) is 0 Å². The van der Waals surface area contributed by atoms with Crippen molar-refractivity contribution in [1.29, 1.82) is 0 Å². The Hall–Kier alpha value is -0.860. The van der Waals surface area contributed by atoms with Gasteiger partial charge in [0.25, 0.3) is 0 Å². The third-order valence-corrected chi connectivity index (χ3v) is 2.74. The van der Waals surface area contributed by atoms with E-state index in [1.165, 1.54) is 0 Å². The summed E-state index contributed by atoms with van der Waals surface area (Å²) in [5, 5.41) is 2.97. The van der Waals surface area contributed by atoms with Gasteiger partial charge in [-0.3, -0.25) is 0 Å². The first kappa shape index (κ1) is 5.89. The van der Waals surface area contributed by atoms with Gasteiger partial charge in [0.2, 0.25) is 4.70 Å². The first-order chi connectivity index (χ1) is 4.88. The van der Waals surface area contributed by atoms with Gasteiger partial charge in [-0.05, 0) is 6.07 Å². The fourth-order valence-electron chi connectivity index (χ4n) is 1.02. The second-order valence-corrected chi connectivity index (χ2v) is 3.50. The van der Waals surface area contributed by atoms with E-state index in [1.807, 2.05) is 35.7 Å². The summed E-state index contributed by atoms with van der Waals surface area (Å²) < 4.78 is 10.4. The maximum absolute atomic E-state index is 9.32. The summed E-state index contributed by atoms with van der Waals surface area (Å²) in [5.41, 5.74) is 0. The van der Waals surface area contributed by atoms with Crippen molar-refractivity contribution in [3.8, 4) is 0 Å². The van der Waals surface area contributed by atoms with Crippen molar-refractivity contribution >= 4 is 20.8 Å². The Kier molecular flexibility index (Phi) is 1.22. The van der Waals surface area contributed by atoms with Crippen LogP contribution in [-0.4, -0.2) is 4.55 Å². The zero-order chi connectivity index (χ0) is 6.97. The molecule has 1 heterocycles. The highest BCUT2D eigenvalue weighted by atomic mass is 32.2. The van der Waals surface area contributed by atoms with Crippen LogP contribution in [0.5, 0.6) is 0 Å². The predicted molar refractivity (Wildman–Crippen MR) is 43.8 cm³/mol. The third kappa shape index (κ3) is 0.735. The molecule has 10 heavy (non-hydrogen) atoms. The zero-order valence-corrected chi connectivity index (χ0v) is 6.14. The molecule has 0 saturated carbocycles. The van der Waals surface area contributed by atoms with Gasteiger partial charge in [-0.2, -0.15) is 4.55 Å². The lowest BCUT2D eigenvalue weighted by atomic mass is 10.3. The molecule has 0 bridgehead atoms. The van der Waals surface area contributed by atoms with Crippen LogP contribution in [0.2, 0.25) is 0 Å². The standard InChI is InChI=1S/C8H7OS/c9-10-6-5-7-3-1-2-4-8(7)10/h1-6,9H/q+1. The number of hydrogen-bond donors (Lipinski definition) is 1. The van der Waals surface area contributed by atoms with Gasteiger partial charge < -0.3 is 0 Å². The third-order valence-electron chi connectivity index (χ3n) is 1.52. The van der Waals surface area contributed by atoms with Crippen LogP contribution < -0.4 is 0 Å². The van der Waals surface area contributed by atoms with Crippen molar-refractivity contribution in [3.05, 3.63) is 35.7 Å². The second kappa shape index (κ2) is 2.08. The molecule has 0 aliphatic rings. The molecule has 1 N–H and O–H groups in total. The zero-order valence-electron chi connectivity index (χ0n) is 5.32. The molecule has 0 saturated heterocycles. The minimum absolute atomic E-state index is 0.628. The van der Waals surface area contributed by atoms with Gasteiger partial charge >= 0.3 is 0 Å². The molecule has 0 amide bonds. The van der Waals surface area contributed by atoms with Gasteiger partial charge in [-0.15, -0.1) is 0 Å². The van der Waals surface area contributed by atoms with Gasteiger partial charge in [-0.25, -0.2) is 0 Å². The SMILES string of the molecule is O[s+]1ccc2ccccc21. The molecule has 1 unspecified atom stereocenters. The Balaban J connectivity index is 2.93. The van der Waals surface area contributed by atoms with Crippen molar-refractivity contribution in [2.45, 2.75) is 0 Å². The van der Waals surface area contributed by atoms with Crippen LogP contribution in [0.4, 0.5) is 0 Å². The minimum atomic E-state index is -0.628. The summed E-state index contributed by atoms with van der Waals surface area (Å²) in [7, 11) is -0.628. The van der Waals surface area contributed by atoms with Crippen LogP contribution in [-0.2, 0) is 0 Å².